The third kappa shape index (κ3) is 3.81. The van der Waals surface area contributed by atoms with Crippen LogP contribution in [0.1, 0.15) is 27.4 Å². The summed E-state index contributed by atoms with van der Waals surface area (Å²) < 4.78 is 13.2. The molecule has 0 saturated heterocycles. The van der Waals surface area contributed by atoms with Gasteiger partial charge in [0, 0.05) is 30.6 Å². The minimum atomic E-state index is -0.00408. The van der Waals surface area contributed by atoms with Crippen LogP contribution >= 0.6 is 0 Å². The first-order valence-corrected chi connectivity index (χ1v) is 11.6. The number of fused-ring (bicyclic) bond motifs is 2. The predicted octanol–water partition coefficient (Wildman–Crippen LogP) is 4.72. The van der Waals surface area contributed by atoms with Crippen LogP contribution in [0.25, 0.3) is 11.3 Å². The minimum absolute atomic E-state index is 0.00408. The SMILES string of the molecule is O=C(c1ccc2c(c1)OCO2)N1CCn2c(CCc3ccccc3)nc(-c3ccccc3)c2C1. The molecule has 170 valence electrons. The molecule has 1 aromatic heterocycles. The van der Waals surface area contributed by atoms with Crippen LogP contribution in [0.4, 0.5) is 0 Å². The Kier molecular flexibility index (Phi) is 5.26. The molecule has 34 heavy (non-hydrogen) atoms. The topological polar surface area (TPSA) is 56.6 Å². The molecule has 0 radical (unpaired) electrons. The molecular weight excluding hydrogens is 426 g/mol. The first-order chi connectivity index (χ1) is 16.8. The van der Waals surface area contributed by atoms with Gasteiger partial charge in [0.15, 0.2) is 11.5 Å². The number of carbonyl (C=O) groups is 1. The number of carbonyl (C=O) groups excluding carboxylic acids is 1. The van der Waals surface area contributed by atoms with E-state index in [-0.39, 0.29) is 12.7 Å². The number of ether oxygens (including phenoxy) is 2. The highest BCUT2D eigenvalue weighted by Crippen LogP contribution is 2.34. The van der Waals surface area contributed by atoms with Crippen molar-refractivity contribution < 1.29 is 14.3 Å². The van der Waals surface area contributed by atoms with Gasteiger partial charge in [-0.1, -0.05) is 60.7 Å². The summed E-state index contributed by atoms with van der Waals surface area (Å²) in [5, 5.41) is 0. The normalized spacial score (nSPS) is 14.2. The zero-order chi connectivity index (χ0) is 22.9. The lowest BCUT2D eigenvalue weighted by atomic mass is 10.1. The van der Waals surface area contributed by atoms with Gasteiger partial charge in [-0.2, -0.15) is 0 Å². The van der Waals surface area contributed by atoms with E-state index in [0.717, 1.165) is 42.2 Å². The molecule has 6 heteroatoms. The van der Waals surface area contributed by atoms with E-state index in [2.05, 4.69) is 41.0 Å². The highest BCUT2D eigenvalue weighted by Gasteiger charge is 2.28. The zero-order valence-electron chi connectivity index (χ0n) is 18.8. The summed E-state index contributed by atoms with van der Waals surface area (Å²) in [5.74, 6) is 2.38. The summed E-state index contributed by atoms with van der Waals surface area (Å²) >= 11 is 0. The Morgan fingerprint density at radius 1 is 0.853 bits per heavy atom. The minimum Gasteiger partial charge on any atom is -0.454 e. The molecule has 2 aliphatic rings. The highest BCUT2D eigenvalue weighted by molar-refractivity contribution is 5.95. The van der Waals surface area contributed by atoms with E-state index < -0.39 is 0 Å². The molecule has 3 aromatic carbocycles. The number of hydrogen-bond acceptors (Lipinski definition) is 4. The van der Waals surface area contributed by atoms with E-state index in [9.17, 15) is 4.79 Å². The molecule has 0 saturated carbocycles. The van der Waals surface area contributed by atoms with E-state index in [1.807, 2.05) is 35.2 Å². The third-order valence-electron chi connectivity index (χ3n) is 6.52. The first kappa shape index (κ1) is 20.5. The van der Waals surface area contributed by atoms with Crippen molar-refractivity contribution in [2.45, 2.75) is 25.9 Å². The number of amides is 1. The van der Waals surface area contributed by atoms with Crippen molar-refractivity contribution >= 4 is 5.91 Å². The summed E-state index contributed by atoms with van der Waals surface area (Å²) in [5.41, 5.74) is 5.05. The second-order valence-corrected chi connectivity index (χ2v) is 8.62. The van der Waals surface area contributed by atoms with Crippen LogP contribution < -0.4 is 9.47 Å². The van der Waals surface area contributed by atoms with Crippen molar-refractivity contribution in [1.82, 2.24) is 14.5 Å². The first-order valence-electron chi connectivity index (χ1n) is 11.6. The van der Waals surface area contributed by atoms with Crippen LogP contribution in [0.15, 0.2) is 78.9 Å². The maximum atomic E-state index is 13.4. The molecule has 4 aromatic rings. The fourth-order valence-electron chi connectivity index (χ4n) is 4.75. The Labute approximate surface area is 198 Å². The quantitative estimate of drug-likeness (QED) is 0.441. The molecule has 0 fully saturated rings. The summed E-state index contributed by atoms with van der Waals surface area (Å²) in [6.07, 6.45) is 1.80. The van der Waals surface area contributed by atoms with Crippen LogP contribution in [0.3, 0.4) is 0 Å². The summed E-state index contributed by atoms with van der Waals surface area (Å²) in [7, 11) is 0. The van der Waals surface area contributed by atoms with Crippen molar-refractivity contribution in [3.8, 4) is 22.8 Å². The van der Waals surface area contributed by atoms with Crippen molar-refractivity contribution in [2.24, 2.45) is 0 Å². The Balaban J connectivity index is 1.30. The highest BCUT2D eigenvalue weighted by atomic mass is 16.7. The molecule has 0 aliphatic carbocycles. The van der Waals surface area contributed by atoms with Crippen molar-refractivity contribution in [2.75, 3.05) is 13.3 Å². The number of aryl methyl sites for hydroxylation is 2. The largest absolute Gasteiger partial charge is 0.454 e. The molecule has 6 nitrogen and oxygen atoms in total. The molecular formula is C28H25N3O3. The summed E-state index contributed by atoms with van der Waals surface area (Å²) in [4.78, 5) is 20.4. The number of rotatable bonds is 5. The Morgan fingerprint density at radius 3 is 2.44 bits per heavy atom. The van der Waals surface area contributed by atoms with Crippen LogP contribution in [0.2, 0.25) is 0 Å². The smallest absolute Gasteiger partial charge is 0.254 e. The number of aromatic nitrogens is 2. The molecule has 2 aliphatic heterocycles. The lowest BCUT2D eigenvalue weighted by Gasteiger charge is -2.30. The van der Waals surface area contributed by atoms with Gasteiger partial charge in [-0.25, -0.2) is 4.98 Å². The van der Waals surface area contributed by atoms with E-state index >= 15 is 0 Å². The standard InChI is InChI=1S/C28H25N3O3/c32-28(22-12-13-24-25(17-22)34-19-33-24)30-15-16-31-23(18-30)27(21-9-5-2-6-10-21)29-26(31)14-11-20-7-3-1-4-8-20/h1-10,12-13,17H,11,14-16,18-19H2. The predicted molar refractivity (Wildman–Crippen MR) is 129 cm³/mol. The van der Waals surface area contributed by atoms with Crippen LogP contribution in [-0.4, -0.2) is 33.7 Å². The van der Waals surface area contributed by atoms with Gasteiger partial charge in [0.2, 0.25) is 6.79 Å². The molecule has 0 bridgehead atoms. The fraction of sp³-hybridized carbons (Fsp3) is 0.214. The number of benzene rings is 3. The Bertz CT molecular complexity index is 1330. The molecule has 0 N–H and O–H groups in total. The van der Waals surface area contributed by atoms with Gasteiger partial charge in [0.05, 0.1) is 17.9 Å². The molecule has 3 heterocycles. The number of imidazole rings is 1. The van der Waals surface area contributed by atoms with Crippen LogP contribution in [-0.2, 0) is 25.9 Å². The molecule has 6 rings (SSSR count). The summed E-state index contributed by atoms with van der Waals surface area (Å²) in [6, 6.07) is 26.1. The van der Waals surface area contributed by atoms with E-state index in [1.165, 1.54) is 5.56 Å². The van der Waals surface area contributed by atoms with Gasteiger partial charge in [-0.15, -0.1) is 0 Å². The van der Waals surface area contributed by atoms with Gasteiger partial charge in [0.1, 0.15) is 5.82 Å². The molecule has 1 amide bonds. The summed E-state index contributed by atoms with van der Waals surface area (Å²) in [6.45, 7) is 2.09. The van der Waals surface area contributed by atoms with Crippen molar-refractivity contribution in [1.29, 1.82) is 0 Å². The van der Waals surface area contributed by atoms with Gasteiger partial charge < -0.3 is 18.9 Å². The number of nitrogens with zero attached hydrogens (tertiary/aromatic N) is 3. The molecule has 0 spiro atoms. The van der Waals surface area contributed by atoms with Crippen LogP contribution in [0, 0.1) is 0 Å². The van der Waals surface area contributed by atoms with E-state index in [4.69, 9.17) is 14.5 Å². The molecule has 0 unspecified atom stereocenters. The van der Waals surface area contributed by atoms with E-state index in [1.54, 1.807) is 12.1 Å². The second kappa shape index (κ2) is 8.71. The average molecular weight is 452 g/mol. The second-order valence-electron chi connectivity index (χ2n) is 8.62. The number of hydrogen-bond donors (Lipinski definition) is 0. The van der Waals surface area contributed by atoms with Gasteiger partial charge in [-0.3, -0.25) is 4.79 Å². The lowest BCUT2D eigenvalue weighted by molar-refractivity contribution is 0.0710. The average Bonchev–Trinajstić information content (AvgIpc) is 3.52. The van der Waals surface area contributed by atoms with E-state index in [0.29, 0.717) is 30.2 Å². The lowest BCUT2D eigenvalue weighted by Crippen LogP contribution is -2.38. The van der Waals surface area contributed by atoms with Crippen LogP contribution in [0.5, 0.6) is 11.5 Å². The fourth-order valence-corrected chi connectivity index (χ4v) is 4.75. The van der Waals surface area contributed by atoms with Gasteiger partial charge in [0.25, 0.3) is 5.91 Å². The maximum absolute atomic E-state index is 13.4. The van der Waals surface area contributed by atoms with Gasteiger partial charge in [-0.05, 0) is 30.2 Å². The zero-order valence-corrected chi connectivity index (χ0v) is 18.8. The van der Waals surface area contributed by atoms with Gasteiger partial charge >= 0.3 is 0 Å². The van der Waals surface area contributed by atoms with Crippen molar-refractivity contribution in [3.05, 3.63) is 102 Å². The Hall–Kier alpha value is -4.06. The Morgan fingerprint density at radius 2 is 1.62 bits per heavy atom. The third-order valence-corrected chi connectivity index (χ3v) is 6.52. The maximum Gasteiger partial charge on any atom is 0.254 e. The molecule has 0 atom stereocenters. The van der Waals surface area contributed by atoms with Crippen molar-refractivity contribution in [3.63, 3.8) is 0 Å². The monoisotopic (exact) mass is 451 g/mol.